The number of rotatable bonds is 9. The molecule has 0 radical (unpaired) electrons. The summed E-state index contributed by atoms with van der Waals surface area (Å²) in [5.74, 6) is -1.21. The number of ether oxygens (including phenoxy) is 1. The molecule has 0 atom stereocenters. The van der Waals surface area contributed by atoms with Crippen molar-refractivity contribution in [3.8, 4) is 5.75 Å². The van der Waals surface area contributed by atoms with Gasteiger partial charge in [-0.15, -0.1) is 0 Å². The molecule has 12 heteroatoms. The number of sulfonamides is 1. The van der Waals surface area contributed by atoms with Gasteiger partial charge in [-0.3, -0.25) is 28.4 Å². The van der Waals surface area contributed by atoms with Gasteiger partial charge in [0.1, 0.15) is 5.75 Å². The van der Waals surface area contributed by atoms with E-state index < -0.39 is 27.1 Å². The molecule has 0 aromatic heterocycles. The Morgan fingerprint density at radius 1 is 1.02 bits per heavy atom. The molecule has 1 fully saturated rings. The van der Waals surface area contributed by atoms with Crippen LogP contribution in [0.1, 0.15) is 24.5 Å². The summed E-state index contributed by atoms with van der Waals surface area (Å²) in [6.07, 6.45) is 1.44. The molecule has 1 aliphatic rings. The smallest absolute Gasteiger partial charge is 0.312 e. The van der Waals surface area contributed by atoms with E-state index in [9.17, 15) is 27.6 Å². The van der Waals surface area contributed by atoms with E-state index in [0.717, 1.165) is 32.1 Å². The number of benzene rings is 3. The van der Waals surface area contributed by atoms with Gasteiger partial charge in [0.25, 0.3) is 21.2 Å². The van der Waals surface area contributed by atoms with Gasteiger partial charge in [-0.05, 0) is 78.9 Å². The molecule has 3 amide bonds. The maximum atomic E-state index is 13.0. The summed E-state index contributed by atoms with van der Waals surface area (Å²) in [6.45, 7) is 3.16. The third-order valence-electron chi connectivity index (χ3n) is 6.02. The highest BCUT2D eigenvalue weighted by Crippen LogP contribution is 2.32. The molecule has 0 unspecified atom stereocenters. The van der Waals surface area contributed by atoms with Gasteiger partial charge in [0, 0.05) is 26.2 Å². The van der Waals surface area contributed by atoms with Crippen LogP contribution in [-0.2, 0) is 24.4 Å². The summed E-state index contributed by atoms with van der Waals surface area (Å²) in [4.78, 5) is 50.0. The Morgan fingerprint density at radius 3 is 2.34 bits per heavy atom. The first-order chi connectivity index (χ1) is 19.4. The fourth-order valence-electron chi connectivity index (χ4n) is 3.92. The largest absolute Gasteiger partial charge is 0.426 e. The second-order valence-corrected chi connectivity index (χ2v) is 12.1. The van der Waals surface area contributed by atoms with E-state index in [-0.39, 0.29) is 34.4 Å². The van der Waals surface area contributed by atoms with E-state index in [1.165, 1.54) is 62.5 Å². The molecule has 0 bridgehead atoms. The zero-order valence-corrected chi connectivity index (χ0v) is 24.1. The molecule has 1 heterocycles. The lowest BCUT2D eigenvalue weighted by Crippen LogP contribution is -2.31. The Balaban J connectivity index is 1.33. The zero-order valence-electron chi connectivity index (χ0n) is 22.5. The number of esters is 1. The molecule has 0 spiro atoms. The minimum atomic E-state index is -3.89. The minimum Gasteiger partial charge on any atom is -0.426 e. The lowest BCUT2D eigenvalue weighted by molar-refractivity contribution is -0.135. The van der Waals surface area contributed by atoms with Crippen molar-refractivity contribution in [2.24, 2.45) is 0 Å². The van der Waals surface area contributed by atoms with Crippen LogP contribution in [0.4, 0.5) is 16.2 Å². The van der Waals surface area contributed by atoms with E-state index in [0.29, 0.717) is 11.4 Å². The molecule has 1 saturated heterocycles. The topological polar surface area (TPSA) is 130 Å². The minimum absolute atomic E-state index is 0.0330. The average Bonchev–Trinajstić information content (AvgIpc) is 3.19. The third kappa shape index (κ3) is 7.21. The van der Waals surface area contributed by atoms with Gasteiger partial charge < -0.3 is 10.1 Å². The van der Waals surface area contributed by atoms with Crippen molar-refractivity contribution in [2.45, 2.75) is 25.2 Å². The molecule has 4 rings (SSSR count). The Morgan fingerprint density at radius 2 is 1.71 bits per heavy atom. The number of carbonyl (C=O) groups is 4. The quantitative estimate of drug-likeness (QED) is 0.213. The van der Waals surface area contributed by atoms with E-state index >= 15 is 0 Å². The molecular formula is C29H27N3O7S2. The van der Waals surface area contributed by atoms with Crippen LogP contribution in [0.2, 0.25) is 0 Å². The Kier molecular flexibility index (Phi) is 8.94. The number of thioether (sulfide) groups is 1. The lowest BCUT2D eigenvalue weighted by atomic mass is 10.1. The van der Waals surface area contributed by atoms with Gasteiger partial charge in [-0.25, -0.2) is 8.42 Å². The molecule has 41 heavy (non-hydrogen) atoms. The number of imide groups is 1. The lowest BCUT2D eigenvalue weighted by Gasteiger charge is -2.20. The summed E-state index contributed by atoms with van der Waals surface area (Å²) in [5, 5.41) is 2.12. The number of hydrogen-bond acceptors (Lipinski definition) is 8. The molecular weight excluding hydrogens is 566 g/mol. The van der Waals surface area contributed by atoms with Gasteiger partial charge >= 0.3 is 5.97 Å². The predicted molar refractivity (Wildman–Crippen MR) is 157 cm³/mol. The fraction of sp³-hybridized carbons (Fsp3) is 0.172. The van der Waals surface area contributed by atoms with Gasteiger partial charge in [0.05, 0.1) is 21.9 Å². The van der Waals surface area contributed by atoms with Crippen molar-refractivity contribution >= 4 is 62.3 Å². The second kappa shape index (κ2) is 12.4. The van der Waals surface area contributed by atoms with E-state index in [4.69, 9.17) is 4.74 Å². The van der Waals surface area contributed by atoms with Crippen LogP contribution < -0.4 is 14.4 Å². The first-order valence-electron chi connectivity index (χ1n) is 12.4. The third-order valence-corrected chi connectivity index (χ3v) is 8.73. The summed E-state index contributed by atoms with van der Waals surface area (Å²) >= 11 is 0.822. The number of hydrogen-bond donors (Lipinski definition) is 1. The second-order valence-electron chi connectivity index (χ2n) is 9.14. The monoisotopic (exact) mass is 593 g/mol. The van der Waals surface area contributed by atoms with Crippen LogP contribution in [0.5, 0.6) is 5.75 Å². The van der Waals surface area contributed by atoms with Crippen LogP contribution in [0, 0.1) is 6.92 Å². The normalized spacial score (nSPS) is 14.3. The first-order valence-corrected chi connectivity index (χ1v) is 14.7. The van der Waals surface area contributed by atoms with Crippen molar-refractivity contribution in [3.05, 3.63) is 88.8 Å². The molecule has 0 saturated carbocycles. The van der Waals surface area contributed by atoms with Crippen molar-refractivity contribution in [1.82, 2.24) is 4.90 Å². The van der Waals surface area contributed by atoms with Crippen LogP contribution in [0.3, 0.4) is 0 Å². The molecule has 0 aliphatic carbocycles. The number of nitrogens with one attached hydrogen (secondary N) is 1. The standard InChI is InChI=1S/C29H27N3O7S2/c1-19-5-4-6-21(17-19)18-26-28(35)32(29(36)40-26)16-15-27(34)39-24-11-9-23(10-12-24)31(3)41(37,38)25-13-7-22(8-14-25)30-20(2)33/h4-14,17-18H,15-16H2,1-3H3,(H,30,33)/b26-18-. The number of nitrogens with zero attached hydrogens (tertiary/aromatic N) is 2. The Labute approximate surface area is 242 Å². The number of carbonyl (C=O) groups excluding carboxylic acids is 4. The summed E-state index contributed by atoms with van der Waals surface area (Å²) in [5.41, 5.74) is 2.63. The van der Waals surface area contributed by atoms with Gasteiger partial charge in [0.15, 0.2) is 0 Å². The highest BCUT2D eigenvalue weighted by Gasteiger charge is 2.35. The SMILES string of the molecule is CC(=O)Nc1ccc(S(=O)(=O)N(C)c2ccc(OC(=O)CCN3C(=O)S/C(=C\c4cccc(C)c4)C3=O)cc2)cc1. The maximum absolute atomic E-state index is 13.0. The number of amides is 3. The van der Waals surface area contributed by atoms with Crippen LogP contribution in [0.15, 0.2) is 82.6 Å². The highest BCUT2D eigenvalue weighted by atomic mass is 32.2. The summed E-state index contributed by atoms with van der Waals surface area (Å²) in [7, 11) is -2.50. The summed E-state index contributed by atoms with van der Waals surface area (Å²) < 4.78 is 32.4. The fourth-order valence-corrected chi connectivity index (χ4v) is 5.98. The van der Waals surface area contributed by atoms with Crippen molar-refractivity contribution in [2.75, 3.05) is 23.2 Å². The van der Waals surface area contributed by atoms with Crippen molar-refractivity contribution < 1.29 is 32.3 Å². The summed E-state index contributed by atoms with van der Waals surface area (Å²) in [6, 6.07) is 19.2. The molecule has 3 aromatic rings. The van der Waals surface area contributed by atoms with Crippen LogP contribution >= 0.6 is 11.8 Å². The Hall–Kier alpha value is -4.42. The molecule has 10 nitrogen and oxygen atoms in total. The van der Waals surface area contributed by atoms with E-state index in [2.05, 4.69) is 5.32 Å². The molecule has 1 N–H and O–H groups in total. The Bertz CT molecular complexity index is 1630. The number of aryl methyl sites for hydroxylation is 1. The average molecular weight is 594 g/mol. The molecule has 3 aromatic carbocycles. The predicted octanol–water partition coefficient (Wildman–Crippen LogP) is 4.81. The first kappa shape index (κ1) is 29.6. The van der Waals surface area contributed by atoms with Crippen LogP contribution in [0.25, 0.3) is 6.08 Å². The van der Waals surface area contributed by atoms with Crippen molar-refractivity contribution in [1.29, 1.82) is 0 Å². The van der Waals surface area contributed by atoms with Gasteiger partial charge in [0.2, 0.25) is 5.91 Å². The molecule has 212 valence electrons. The number of anilines is 2. The van der Waals surface area contributed by atoms with Gasteiger partial charge in [-0.2, -0.15) is 0 Å². The zero-order chi connectivity index (χ0) is 29.7. The van der Waals surface area contributed by atoms with Crippen molar-refractivity contribution in [3.63, 3.8) is 0 Å². The van der Waals surface area contributed by atoms with E-state index in [1.807, 2.05) is 31.2 Å². The van der Waals surface area contributed by atoms with Gasteiger partial charge in [-0.1, -0.05) is 29.8 Å². The van der Waals surface area contributed by atoms with E-state index in [1.54, 1.807) is 6.08 Å². The molecule has 1 aliphatic heterocycles. The van der Waals surface area contributed by atoms with Crippen LogP contribution in [-0.4, -0.2) is 49.9 Å². The highest BCUT2D eigenvalue weighted by molar-refractivity contribution is 8.18. The maximum Gasteiger partial charge on any atom is 0.312 e.